The number of carbonyl (C=O) groups excluding carboxylic acids is 7. The summed E-state index contributed by atoms with van der Waals surface area (Å²) in [4.78, 5) is 98.8. The highest BCUT2D eigenvalue weighted by Crippen LogP contribution is 2.37. The number of ether oxygens (including phenoxy) is 1. The summed E-state index contributed by atoms with van der Waals surface area (Å²) in [7, 11) is 0. The number of hydrogen-bond donors (Lipinski definition) is 11. The predicted molar refractivity (Wildman–Crippen MR) is 355 cm³/mol. The molecule has 0 fully saturated rings. The molecular weight excluding hydrogens is 1210 g/mol. The number of phenolic OH excluding ortho intramolecular Hbond substituents is 2. The molecule has 0 heterocycles. The summed E-state index contributed by atoms with van der Waals surface area (Å²) >= 11 is 0. The third-order valence-electron chi connectivity index (χ3n) is 16.8. The quantitative estimate of drug-likeness (QED) is 0.00542. The Morgan fingerprint density at radius 3 is 1.02 bits per heavy atom. The highest BCUT2D eigenvalue weighted by Gasteiger charge is 2.46. The predicted octanol–water partition coefficient (Wildman–Crippen LogP) is 10.1. The van der Waals surface area contributed by atoms with E-state index in [1.165, 1.54) is 48.5 Å². The molecule has 94 heavy (non-hydrogen) atoms. The first-order chi connectivity index (χ1) is 44.9. The molecule has 9 rings (SSSR count). The molecule has 0 saturated carbocycles. The van der Waals surface area contributed by atoms with Crippen molar-refractivity contribution in [2.45, 2.75) is 86.5 Å². The van der Waals surface area contributed by atoms with Crippen molar-refractivity contribution in [2.24, 2.45) is 34.4 Å². The van der Waals surface area contributed by atoms with Gasteiger partial charge in [-0.2, -0.15) is 13.2 Å². The lowest BCUT2D eigenvalue weighted by Gasteiger charge is -2.28. The van der Waals surface area contributed by atoms with Gasteiger partial charge in [0.05, 0.1) is 0 Å². The largest absolute Gasteiger partial charge is 0.508 e. The summed E-state index contributed by atoms with van der Waals surface area (Å²) < 4.78 is 43.7. The minimum Gasteiger partial charge on any atom is -0.508 e. The number of esters is 1. The number of rotatable bonds is 28. The first kappa shape index (κ1) is 68.2. The fourth-order valence-electron chi connectivity index (χ4n) is 11.6. The number of carbonyl (C=O) groups is 7. The second-order valence-electron chi connectivity index (χ2n) is 23.3. The van der Waals surface area contributed by atoms with E-state index in [9.17, 15) is 56.9 Å². The van der Waals surface area contributed by atoms with E-state index in [1.807, 2.05) is 0 Å². The van der Waals surface area contributed by atoms with Crippen LogP contribution in [0.5, 0.6) is 17.2 Å². The Bertz CT molecular complexity index is 4150. The van der Waals surface area contributed by atoms with Gasteiger partial charge in [-0.3, -0.25) is 28.8 Å². The molecule has 0 bridgehead atoms. The Labute approximate surface area is 539 Å². The summed E-state index contributed by atoms with van der Waals surface area (Å²) in [5.74, 6) is -7.95. The highest BCUT2D eigenvalue weighted by atomic mass is 19.4. The fraction of sp³-hybridized carbons (Fsp3) is 0.236. The molecule has 0 aliphatic carbocycles. The average molecular weight is 1280 g/mol. The van der Waals surface area contributed by atoms with Gasteiger partial charge in [-0.05, 0) is 217 Å². The first-order valence-electron chi connectivity index (χ1n) is 30.5. The number of nitrogens with two attached hydrogens (primary N) is 6. The van der Waals surface area contributed by atoms with Crippen LogP contribution in [0.2, 0.25) is 0 Å². The molecule has 17 N–H and O–H groups in total. The topological polar surface area (TPSA) is 361 Å². The van der Waals surface area contributed by atoms with Crippen molar-refractivity contribution in [1.82, 2.24) is 0 Å². The van der Waals surface area contributed by atoms with Crippen molar-refractivity contribution in [3.63, 3.8) is 0 Å². The van der Waals surface area contributed by atoms with Crippen LogP contribution in [0.3, 0.4) is 0 Å². The Balaban J connectivity index is 1.03. The van der Waals surface area contributed by atoms with Gasteiger partial charge in [0.1, 0.15) is 17.2 Å². The third kappa shape index (κ3) is 15.0. The SMILES string of the molecule is NCCCC[C@@](N)(C(=O)Nc1ccc(C(c2ccc(NC(=O)[C@](N)(CCCCN)C(=O)c3cccc4cc(O)ccc34)cc2)c2ccc(NC(=O)[C@](N)(CCCCN)C(=O)c3cccc4cc(OC(=O)C(F)(F)F)ccc34)cc2)cc1)C(=O)c1cccc2cc(O)ccc12. The fourth-order valence-corrected chi connectivity index (χ4v) is 11.6. The molecule has 0 saturated heterocycles. The van der Waals surface area contributed by atoms with Crippen molar-refractivity contribution < 1.29 is 61.7 Å². The maximum Gasteiger partial charge on any atom is 0.491 e. The normalized spacial score (nSPS) is 13.6. The van der Waals surface area contributed by atoms with E-state index in [0.717, 1.165) is 12.1 Å². The smallest absolute Gasteiger partial charge is 0.491 e. The zero-order valence-electron chi connectivity index (χ0n) is 51.1. The van der Waals surface area contributed by atoms with Gasteiger partial charge in [0.2, 0.25) is 0 Å². The van der Waals surface area contributed by atoms with Crippen LogP contribution in [0.25, 0.3) is 32.3 Å². The van der Waals surface area contributed by atoms with E-state index in [4.69, 9.17) is 34.4 Å². The van der Waals surface area contributed by atoms with Crippen molar-refractivity contribution in [3.8, 4) is 17.2 Å². The van der Waals surface area contributed by atoms with E-state index >= 15 is 0 Å². The molecule has 3 amide bonds. The van der Waals surface area contributed by atoms with Crippen molar-refractivity contribution in [2.75, 3.05) is 35.6 Å². The van der Waals surface area contributed by atoms with E-state index in [2.05, 4.69) is 20.7 Å². The number of Topliss-reactive ketones (excluding diaryl/α,β-unsaturated/α-hetero) is 3. The van der Waals surface area contributed by atoms with Gasteiger partial charge >= 0.3 is 12.1 Å². The monoisotopic (exact) mass is 1280 g/mol. The van der Waals surface area contributed by atoms with Gasteiger partial charge in [0, 0.05) is 39.7 Å². The maximum absolute atomic E-state index is 14.6. The summed E-state index contributed by atoms with van der Waals surface area (Å²) in [6.45, 7) is 0.831. The molecule has 9 aromatic carbocycles. The van der Waals surface area contributed by atoms with Gasteiger partial charge < -0.3 is 65.3 Å². The number of hydrogen-bond acceptors (Lipinski definition) is 16. The minimum atomic E-state index is -5.26. The number of nitrogens with one attached hydrogen (secondary N) is 3. The van der Waals surface area contributed by atoms with E-state index in [-0.39, 0.29) is 76.9 Å². The van der Waals surface area contributed by atoms with Crippen molar-refractivity contribution in [1.29, 1.82) is 0 Å². The Morgan fingerprint density at radius 1 is 0.404 bits per heavy atom. The first-order valence-corrected chi connectivity index (χ1v) is 30.5. The molecule has 0 aliphatic heterocycles. The second kappa shape index (κ2) is 29.2. The molecule has 0 radical (unpaired) electrons. The van der Waals surface area contributed by atoms with Crippen LogP contribution in [0, 0.1) is 0 Å². The second-order valence-corrected chi connectivity index (χ2v) is 23.3. The Kier molecular flexibility index (Phi) is 21.2. The highest BCUT2D eigenvalue weighted by molar-refractivity contribution is 6.26. The third-order valence-corrected chi connectivity index (χ3v) is 16.8. The number of ketones is 3. The summed E-state index contributed by atoms with van der Waals surface area (Å²) in [6, 6.07) is 47.3. The van der Waals surface area contributed by atoms with Crippen molar-refractivity contribution >= 4 is 90.4 Å². The molecule has 9 aromatic rings. The number of phenols is 2. The number of benzene rings is 9. The maximum atomic E-state index is 14.6. The zero-order chi connectivity index (χ0) is 67.5. The molecule has 22 heteroatoms. The van der Waals surface area contributed by atoms with Crippen LogP contribution in [-0.4, -0.2) is 93.7 Å². The van der Waals surface area contributed by atoms with Gasteiger partial charge in [0.25, 0.3) is 17.7 Å². The lowest BCUT2D eigenvalue weighted by Crippen LogP contribution is -2.57. The Morgan fingerprint density at radius 2 is 0.713 bits per heavy atom. The van der Waals surface area contributed by atoms with Gasteiger partial charge in [0.15, 0.2) is 34.0 Å². The standard InChI is InChI=1S/C72H72F3N9O10/c73-72(74,75)68(93)94-54-30-33-57-48(42-54)12-9-15-60(57)64(89)71(81,36-3-6-39-78)67(92)84-51-26-20-45(21-27-51)61(43-16-22-49(23-17-43)82-65(90)69(79,34-1-4-37-76)62(87)58-13-7-10-46-40-52(85)28-31-55(46)58)44-18-24-50(25-19-44)83-66(91)70(80,35-2-5-38-77)63(88)59-14-8-11-47-41-53(86)29-32-56(47)59/h7-33,40-42,61,85-86H,1-6,34-39,76-81H2,(H,82,90)(H,83,91)(H,84,92)/t69-,70-,71-/m0/s1. The summed E-state index contributed by atoms with van der Waals surface area (Å²) in [5.41, 5.74) is 35.0. The van der Waals surface area contributed by atoms with Crippen LogP contribution in [0.4, 0.5) is 30.2 Å². The number of anilines is 3. The molecule has 0 spiro atoms. The van der Waals surface area contributed by atoms with Crippen molar-refractivity contribution in [3.05, 3.63) is 215 Å². The minimum absolute atomic E-state index is 0.00403. The van der Waals surface area contributed by atoms with E-state index in [0.29, 0.717) is 94.8 Å². The van der Waals surface area contributed by atoms with E-state index < -0.39 is 75.5 Å². The number of aromatic hydroxyl groups is 2. The molecule has 0 aromatic heterocycles. The summed E-state index contributed by atoms with van der Waals surface area (Å²) in [5, 5.41) is 31.5. The molecule has 0 aliphatic rings. The van der Waals surface area contributed by atoms with Crippen LogP contribution in [-0.2, 0) is 19.2 Å². The van der Waals surface area contributed by atoms with Crippen LogP contribution in [0.15, 0.2) is 182 Å². The molecule has 3 atom stereocenters. The van der Waals surface area contributed by atoms with Gasteiger partial charge in [-0.15, -0.1) is 0 Å². The van der Waals surface area contributed by atoms with Gasteiger partial charge in [-0.25, -0.2) is 4.79 Å². The lowest BCUT2D eigenvalue weighted by atomic mass is 9.82. The molecule has 19 nitrogen and oxygen atoms in total. The number of fused-ring (bicyclic) bond motifs is 3. The van der Waals surface area contributed by atoms with Crippen LogP contribution in [0.1, 0.15) is 111 Å². The molecule has 486 valence electrons. The lowest BCUT2D eigenvalue weighted by molar-refractivity contribution is -0.189. The molecular formula is C72H72F3N9O10. The Hall–Kier alpha value is -10.2. The number of amides is 3. The number of unbranched alkanes of at least 4 members (excludes halogenated alkanes) is 3. The van der Waals surface area contributed by atoms with Gasteiger partial charge in [-0.1, -0.05) is 91.0 Å². The molecule has 0 unspecified atom stereocenters. The van der Waals surface area contributed by atoms with E-state index in [1.54, 1.807) is 121 Å². The number of alkyl halides is 3. The van der Waals surface area contributed by atoms with Crippen LogP contribution < -0.4 is 55.1 Å². The average Bonchev–Trinajstić information content (AvgIpc) is 0.791. The zero-order valence-corrected chi connectivity index (χ0v) is 51.1. The summed E-state index contributed by atoms with van der Waals surface area (Å²) in [6.07, 6.45) is -3.12. The van der Waals surface area contributed by atoms with Crippen LogP contribution >= 0.6 is 0 Å². The number of halogens is 3.